The zero-order valence-electron chi connectivity index (χ0n) is 13.0. The van der Waals surface area contributed by atoms with E-state index in [0.29, 0.717) is 37.1 Å². The van der Waals surface area contributed by atoms with Gasteiger partial charge in [-0.05, 0) is 49.9 Å². The molecule has 0 saturated heterocycles. The number of H-pyrrole nitrogens is 1. The summed E-state index contributed by atoms with van der Waals surface area (Å²) < 4.78 is 5.21. The van der Waals surface area contributed by atoms with Crippen LogP contribution in [0.1, 0.15) is 36.0 Å². The van der Waals surface area contributed by atoms with Crippen LogP contribution < -0.4 is 10.9 Å². The highest BCUT2D eigenvalue weighted by atomic mass is 16.4. The van der Waals surface area contributed by atoms with Gasteiger partial charge in [0.05, 0.1) is 17.9 Å². The zero-order valence-corrected chi connectivity index (χ0v) is 13.0. The molecule has 126 valence electrons. The molecule has 2 aromatic rings. The van der Waals surface area contributed by atoms with Crippen LogP contribution in [0.3, 0.4) is 0 Å². The lowest BCUT2D eigenvalue weighted by molar-refractivity contribution is -0.142. The summed E-state index contributed by atoms with van der Waals surface area (Å²) in [5.74, 6) is -1.05. The van der Waals surface area contributed by atoms with Crippen molar-refractivity contribution in [2.45, 2.75) is 31.7 Å². The molecule has 0 spiro atoms. The molecule has 0 radical (unpaired) electrons. The van der Waals surface area contributed by atoms with Gasteiger partial charge in [0, 0.05) is 6.04 Å². The number of rotatable bonds is 4. The molecule has 0 aliphatic heterocycles. The van der Waals surface area contributed by atoms with Crippen molar-refractivity contribution in [3.05, 3.63) is 46.4 Å². The van der Waals surface area contributed by atoms with Crippen LogP contribution in [-0.2, 0) is 4.79 Å². The number of hydrogen-bond donors (Lipinski definition) is 3. The minimum atomic E-state index is -0.787. The van der Waals surface area contributed by atoms with Crippen LogP contribution in [0.15, 0.2) is 39.7 Å². The van der Waals surface area contributed by atoms with Gasteiger partial charge in [-0.25, -0.2) is 0 Å². The summed E-state index contributed by atoms with van der Waals surface area (Å²) >= 11 is 0. The first kappa shape index (κ1) is 16.0. The molecular formula is C17H18N2O5. The second-order valence-corrected chi connectivity index (χ2v) is 5.95. The highest BCUT2D eigenvalue weighted by molar-refractivity contribution is 5.94. The fourth-order valence-corrected chi connectivity index (χ4v) is 2.98. The van der Waals surface area contributed by atoms with Crippen LogP contribution in [0.25, 0.3) is 11.5 Å². The molecule has 3 rings (SSSR count). The third kappa shape index (κ3) is 3.40. The average molecular weight is 330 g/mol. The molecule has 0 aromatic carbocycles. The number of carboxylic acid groups (broad SMARTS) is 1. The van der Waals surface area contributed by atoms with Crippen molar-refractivity contribution in [1.29, 1.82) is 0 Å². The van der Waals surface area contributed by atoms with E-state index in [0.717, 1.165) is 0 Å². The monoisotopic (exact) mass is 330 g/mol. The Hall–Kier alpha value is -2.83. The summed E-state index contributed by atoms with van der Waals surface area (Å²) in [5.41, 5.74) is 0.0507. The van der Waals surface area contributed by atoms with E-state index >= 15 is 0 Å². The lowest BCUT2D eigenvalue weighted by Gasteiger charge is -2.26. The minimum absolute atomic E-state index is 0.0330. The van der Waals surface area contributed by atoms with Gasteiger partial charge in [0.25, 0.3) is 11.5 Å². The number of aromatic amines is 1. The fraction of sp³-hybridized carbons (Fsp3) is 0.353. The summed E-state index contributed by atoms with van der Waals surface area (Å²) in [5, 5.41) is 11.8. The highest BCUT2D eigenvalue weighted by Gasteiger charge is 2.27. The number of carbonyl (C=O) groups is 2. The topological polar surface area (TPSA) is 112 Å². The van der Waals surface area contributed by atoms with E-state index < -0.39 is 17.4 Å². The van der Waals surface area contributed by atoms with Crippen molar-refractivity contribution >= 4 is 11.9 Å². The average Bonchev–Trinajstić information content (AvgIpc) is 3.09. The minimum Gasteiger partial charge on any atom is -0.481 e. The number of carboxylic acids is 1. The number of hydrogen-bond acceptors (Lipinski definition) is 4. The molecule has 1 amide bonds. The van der Waals surface area contributed by atoms with E-state index in [1.54, 1.807) is 18.2 Å². The molecule has 3 N–H and O–H groups in total. The van der Waals surface area contributed by atoms with Crippen LogP contribution in [-0.4, -0.2) is 28.0 Å². The van der Waals surface area contributed by atoms with Crippen molar-refractivity contribution in [3.8, 4) is 11.5 Å². The van der Waals surface area contributed by atoms with Gasteiger partial charge in [-0.15, -0.1) is 0 Å². The third-order valence-corrected chi connectivity index (χ3v) is 4.35. The summed E-state index contributed by atoms with van der Waals surface area (Å²) in [6.45, 7) is 0. The van der Waals surface area contributed by atoms with Crippen molar-refractivity contribution in [2.24, 2.45) is 5.92 Å². The Kier molecular flexibility index (Phi) is 4.50. The smallest absolute Gasteiger partial charge is 0.306 e. The van der Waals surface area contributed by atoms with Gasteiger partial charge in [0.15, 0.2) is 0 Å². The molecule has 0 unspecified atom stereocenters. The summed E-state index contributed by atoms with van der Waals surface area (Å²) in [6.07, 6.45) is 3.78. The second-order valence-electron chi connectivity index (χ2n) is 5.95. The Morgan fingerprint density at radius 1 is 1.17 bits per heavy atom. The first-order valence-corrected chi connectivity index (χ1v) is 7.85. The summed E-state index contributed by atoms with van der Waals surface area (Å²) in [4.78, 5) is 38.0. The lowest BCUT2D eigenvalue weighted by atomic mass is 9.86. The SMILES string of the molecule is O=C(NC1CCC(C(=O)O)CC1)c1ccc(-c2ccco2)[nH]c1=O. The molecule has 7 nitrogen and oxygen atoms in total. The number of pyridine rings is 1. The van der Waals surface area contributed by atoms with Crippen LogP contribution in [0, 0.1) is 5.92 Å². The van der Waals surface area contributed by atoms with Gasteiger partial charge < -0.3 is 19.8 Å². The first-order valence-electron chi connectivity index (χ1n) is 7.85. The zero-order chi connectivity index (χ0) is 17.1. The molecule has 2 aromatic heterocycles. The largest absolute Gasteiger partial charge is 0.481 e. The number of amides is 1. The van der Waals surface area contributed by atoms with Gasteiger partial charge in [0.1, 0.15) is 11.3 Å². The maximum absolute atomic E-state index is 12.3. The summed E-state index contributed by atoms with van der Waals surface area (Å²) in [7, 11) is 0. The Bertz CT molecular complexity index is 786. The molecule has 0 bridgehead atoms. The number of aromatic nitrogens is 1. The Balaban J connectivity index is 1.66. The van der Waals surface area contributed by atoms with E-state index in [1.807, 2.05) is 0 Å². The molecule has 2 heterocycles. The Morgan fingerprint density at radius 3 is 2.50 bits per heavy atom. The molecule has 0 atom stereocenters. The number of carbonyl (C=O) groups excluding carboxylic acids is 1. The molecule has 1 aliphatic carbocycles. The third-order valence-electron chi connectivity index (χ3n) is 4.35. The predicted molar refractivity (Wildman–Crippen MR) is 85.6 cm³/mol. The Labute approximate surface area is 137 Å². The molecule has 7 heteroatoms. The number of furan rings is 1. The van der Waals surface area contributed by atoms with Gasteiger partial charge in [-0.1, -0.05) is 0 Å². The van der Waals surface area contributed by atoms with Crippen LogP contribution >= 0.6 is 0 Å². The summed E-state index contributed by atoms with van der Waals surface area (Å²) in [6, 6.07) is 6.41. The van der Waals surface area contributed by atoms with E-state index in [9.17, 15) is 14.4 Å². The normalized spacial score (nSPS) is 20.5. The van der Waals surface area contributed by atoms with Crippen LogP contribution in [0.2, 0.25) is 0 Å². The van der Waals surface area contributed by atoms with Crippen LogP contribution in [0.5, 0.6) is 0 Å². The van der Waals surface area contributed by atoms with Crippen LogP contribution in [0.4, 0.5) is 0 Å². The van der Waals surface area contributed by atoms with Gasteiger partial charge in [0.2, 0.25) is 0 Å². The fourth-order valence-electron chi connectivity index (χ4n) is 2.98. The van der Waals surface area contributed by atoms with E-state index in [-0.39, 0.29) is 17.5 Å². The second kappa shape index (κ2) is 6.74. The molecule has 1 saturated carbocycles. The molecular weight excluding hydrogens is 312 g/mol. The van der Waals surface area contributed by atoms with Gasteiger partial charge in [-0.2, -0.15) is 0 Å². The Morgan fingerprint density at radius 2 is 1.92 bits per heavy atom. The molecule has 1 fully saturated rings. The van der Waals surface area contributed by atoms with Gasteiger partial charge >= 0.3 is 5.97 Å². The quantitative estimate of drug-likeness (QED) is 0.794. The van der Waals surface area contributed by atoms with Gasteiger partial charge in [-0.3, -0.25) is 14.4 Å². The maximum Gasteiger partial charge on any atom is 0.306 e. The number of aliphatic carboxylic acids is 1. The molecule has 1 aliphatic rings. The van der Waals surface area contributed by atoms with E-state index in [1.165, 1.54) is 12.3 Å². The maximum atomic E-state index is 12.3. The predicted octanol–water partition coefficient (Wildman–Crippen LogP) is 2.01. The first-order chi connectivity index (χ1) is 11.5. The van der Waals surface area contributed by atoms with Crippen molar-refractivity contribution < 1.29 is 19.1 Å². The molecule has 24 heavy (non-hydrogen) atoms. The standard InChI is InChI=1S/C17H18N2O5/c20-15(18-11-5-3-10(4-6-11)17(22)23)12-7-8-13(19-16(12)21)14-2-1-9-24-14/h1-2,7-11H,3-6H2,(H,18,20)(H,19,21)(H,22,23). The van der Waals surface area contributed by atoms with Crippen molar-refractivity contribution in [1.82, 2.24) is 10.3 Å². The van der Waals surface area contributed by atoms with E-state index in [2.05, 4.69) is 10.3 Å². The van der Waals surface area contributed by atoms with Crippen molar-refractivity contribution in [3.63, 3.8) is 0 Å². The van der Waals surface area contributed by atoms with E-state index in [4.69, 9.17) is 9.52 Å². The van der Waals surface area contributed by atoms with Crippen molar-refractivity contribution in [2.75, 3.05) is 0 Å². The highest BCUT2D eigenvalue weighted by Crippen LogP contribution is 2.24. The number of nitrogens with one attached hydrogen (secondary N) is 2. The lowest BCUT2D eigenvalue weighted by Crippen LogP contribution is -2.40.